The van der Waals surface area contributed by atoms with Gasteiger partial charge in [-0.3, -0.25) is 9.55 Å². The van der Waals surface area contributed by atoms with Gasteiger partial charge in [-0.25, -0.2) is 4.98 Å². The van der Waals surface area contributed by atoms with E-state index in [2.05, 4.69) is 32.0 Å². The van der Waals surface area contributed by atoms with Crippen LogP contribution in [-0.4, -0.2) is 19.6 Å². The number of pyridine rings is 1. The van der Waals surface area contributed by atoms with Gasteiger partial charge in [-0.05, 0) is 97.9 Å². The van der Waals surface area contributed by atoms with Crippen molar-refractivity contribution in [1.29, 1.82) is 0 Å². The molecule has 0 aliphatic carbocycles. The molecule has 0 spiro atoms. The smallest absolute Gasteiger partial charge is 0.148 e. The molecule has 9 aromatic rings. The Morgan fingerprint density at radius 2 is 1.20 bits per heavy atom. The Balaban J connectivity index is 0.00000982. The van der Waals surface area contributed by atoms with Crippen LogP contribution >= 0.6 is 0 Å². The van der Waals surface area contributed by atoms with Crippen LogP contribution in [0.2, 0.25) is 0 Å². The van der Waals surface area contributed by atoms with E-state index in [-0.39, 0.29) is 38.0 Å². The minimum absolute atomic E-state index is 0. The molecule has 7 aromatic carbocycles. The van der Waals surface area contributed by atoms with Gasteiger partial charge in [0, 0.05) is 68.8 Å². The van der Waals surface area contributed by atoms with Crippen LogP contribution in [0.25, 0.3) is 83.9 Å². The summed E-state index contributed by atoms with van der Waals surface area (Å²) in [6.45, 7) is -14.3. The van der Waals surface area contributed by atoms with Crippen molar-refractivity contribution in [2.45, 2.75) is 98.4 Å². The fourth-order valence-electron chi connectivity index (χ4n) is 8.80. The van der Waals surface area contributed by atoms with Crippen LogP contribution in [0, 0.1) is 12.0 Å². The fraction of sp³-hybridized carbons (Fsp3) is 0.250. The van der Waals surface area contributed by atoms with Gasteiger partial charge in [0.2, 0.25) is 0 Å². The Labute approximate surface area is 450 Å². The second-order valence-electron chi connectivity index (χ2n) is 19.0. The summed E-state index contributed by atoms with van der Waals surface area (Å²) in [5.74, 6) is -1.57. The summed E-state index contributed by atoms with van der Waals surface area (Å²) < 4.78 is 160. The molecule has 5 heteroatoms. The third kappa shape index (κ3) is 10.2. The molecule has 1 N–H and O–H groups in total. The minimum atomic E-state index is -4.14. The van der Waals surface area contributed by atoms with Crippen molar-refractivity contribution in [2.75, 3.05) is 0 Å². The molecule has 0 fully saturated rings. The van der Waals surface area contributed by atoms with Gasteiger partial charge in [0.15, 0.2) is 0 Å². The van der Waals surface area contributed by atoms with E-state index in [0.29, 0.717) is 51.7 Å². The number of nitrogens with zero attached hydrogens (tertiary/aromatic N) is 3. The molecule has 2 aromatic heterocycles. The zero-order valence-corrected chi connectivity index (χ0v) is 41.3. The molecule has 9 rings (SSSR count). The van der Waals surface area contributed by atoms with E-state index >= 15 is 0 Å². The number of hydrogen-bond acceptors (Lipinski definition) is 3. The van der Waals surface area contributed by atoms with Gasteiger partial charge < -0.3 is 5.11 Å². The summed E-state index contributed by atoms with van der Waals surface area (Å²) in [4.78, 5) is 10.1. The van der Waals surface area contributed by atoms with Crippen molar-refractivity contribution < 1.29 is 50.8 Å². The van der Waals surface area contributed by atoms with Crippen LogP contribution in [0.15, 0.2) is 164 Å². The molecular formula is C64H64N3OPt-. The van der Waals surface area contributed by atoms with Gasteiger partial charge >= 0.3 is 0 Å². The van der Waals surface area contributed by atoms with E-state index in [1.165, 1.54) is 4.57 Å². The maximum absolute atomic E-state index is 13.1. The van der Waals surface area contributed by atoms with Crippen LogP contribution in [0.5, 0.6) is 5.75 Å². The van der Waals surface area contributed by atoms with Crippen LogP contribution in [0.4, 0.5) is 0 Å². The number of rotatable bonds is 9. The molecule has 0 unspecified atom stereocenters. The number of imidazole rings is 1. The number of hydrogen-bond donors (Lipinski definition) is 1. The maximum atomic E-state index is 13.1. The zero-order chi connectivity index (χ0) is 63.1. The van der Waals surface area contributed by atoms with Crippen molar-refractivity contribution in [1.82, 2.24) is 14.5 Å². The molecule has 352 valence electrons. The summed E-state index contributed by atoms with van der Waals surface area (Å²) in [6.07, 6.45) is 2.34. The summed E-state index contributed by atoms with van der Waals surface area (Å²) in [7, 11) is 0. The van der Waals surface area contributed by atoms with Crippen molar-refractivity contribution in [3.63, 3.8) is 0 Å². The predicted molar refractivity (Wildman–Crippen MR) is 287 cm³/mol. The topological polar surface area (TPSA) is 50.9 Å². The molecule has 0 radical (unpaired) electrons. The molecule has 69 heavy (non-hydrogen) atoms. The first-order valence-electron chi connectivity index (χ1n) is 31.6. The van der Waals surface area contributed by atoms with Crippen LogP contribution in [0.3, 0.4) is 0 Å². The standard InChI is InChI=1S/C64H64N3O.Pt/c1-41(2)33-42-25-30-57(53(34-42)46-21-16-13-17-22-46)67-58-24-18-23-52(59(58)66-61(67)54-39-51(63(6,7)8)40-55(60(54)68)64(9,10)11)48-35-49(37-50(36-48)62(3,4)5)56-38-47(31-32-65-56)45-28-26-44(27-29-45)43-19-14-12-15-20-43;/h12-32,34,36-41,68H,33H2,1-11H3;/q-1;/i6D3,7D3,8D3,9D3,10D3,11D3;. The second kappa shape index (κ2) is 19.2. The summed E-state index contributed by atoms with van der Waals surface area (Å²) in [6, 6.07) is 50.6. The Morgan fingerprint density at radius 1 is 0.580 bits per heavy atom. The van der Waals surface area contributed by atoms with Gasteiger partial charge in [-0.1, -0.05) is 202 Å². The Bertz CT molecular complexity index is 3890. The summed E-state index contributed by atoms with van der Waals surface area (Å²) >= 11 is 0. The average molecular weight is 1100 g/mol. The Kier molecular flexibility index (Phi) is 8.63. The van der Waals surface area contributed by atoms with Crippen LogP contribution in [0.1, 0.15) is 123 Å². The van der Waals surface area contributed by atoms with Gasteiger partial charge in [0.05, 0.1) is 22.3 Å². The van der Waals surface area contributed by atoms with Gasteiger partial charge in [0.1, 0.15) is 11.6 Å². The van der Waals surface area contributed by atoms with Crippen LogP contribution in [-0.2, 0) is 43.7 Å². The van der Waals surface area contributed by atoms with E-state index in [0.717, 1.165) is 39.4 Å². The van der Waals surface area contributed by atoms with E-state index < -0.39 is 85.6 Å². The SMILES string of the molecule is [2H]C([2H])([2H])C(c1cc(-c2nc3c(-c4[c-]c(-c5cc(-c6ccc(-c7ccccc7)cc6)ccn5)cc(C(C)(C)C)c4)cccc3n2-c2ccc(CC(C)C)cc2-c2ccccc2)c(O)c(C(C([2H])([2H])[2H])(C([2H])([2H])[2H])C([2H])([2H])[2H])c1)(C([2H])([2H])[2H])C([2H])([2H])[2H].[Pt]. The first kappa shape index (κ1) is 31.0. The average Bonchev–Trinajstić information content (AvgIpc) is 1.02. The monoisotopic (exact) mass is 1100 g/mol. The number of phenolic OH excluding ortho intramolecular Hbond substituents is 1. The van der Waals surface area contributed by atoms with Gasteiger partial charge in [-0.15, -0.1) is 29.3 Å². The molecule has 2 heterocycles. The Morgan fingerprint density at radius 3 is 1.86 bits per heavy atom. The van der Waals surface area contributed by atoms with E-state index in [1.807, 2.05) is 130 Å². The molecule has 0 saturated heterocycles. The maximum Gasteiger partial charge on any atom is 0.148 e. The van der Waals surface area contributed by atoms with Gasteiger partial charge in [0.25, 0.3) is 0 Å². The largest absolute Gasteiger partial charge is 0.507 e. The van der Waals surface area contributed by atoms with E-state index in [1.54, 1.807) is 30.5 Å². The first-order valence-corrected chi connectivity index (χ1v) is 22.6. The minimum Gasteiger partial charge on any atom is -0.507 e. The van der Waals surface area contributed by atoms with Crippen molar-refractivity contribution in [3.8, 4) is 78.6 Å². The zero-order valence-electron chi connectivity index (χ0n) is 57.0. The van der Waals surface area contributed by atoms with Crippen LogP contribution < -0.4 is 0 Å². The third-order valence-corrected chi connectivity index (χ3v) is 12.3. The van der Waals surface area contributed by atoms with Crippen molar-refractivity contribution in [2.24, 2.45) is 5.92 Å². The summed E-state index contributed by atoms with van der Waals surface area (Å²) in [5.41, 5.74) is -2.34. The predicted octanol–water partition coefficient (Wildman–Crippen LogP) is 17.0. The quantitative estimate of drug-likeness (QED) is 0.147. The number of para-hydroxylation sites is 1. The van der Waals surface area contributed by atoms with Crippen molar-refractivity contribution in [3.05, 3.63) is 192 Å². The van der Waals surface area contributed by atoms with Gasteiger partial charge in [-0.2, -0.15) is 0 Å². The number of fused-ring (bicyclic) bond motifs is 1. The molecule has 0 amide bonds. The molecule has 0 bridgehead atoms. The van der Waals surface area contributed by atoms with E-state index in [9.17, 15) is 5.11 Å². The van der Waals surface area contributed by atoms with Crippen molar-refractivity contribution >= 4 is 11.0 Å². The molecule has 4 nitrogen and oxygen atoms in total. The third-order valence-electron chi connectivity index (χ3n) is 12.3. The molecule has 0 aliphatic rings. The molecule has 0 atom stereocenters. The molecular weight excluding hydrogens is 1020 g/mol. The number of phenols is 1. The van der Waals surface area contributed by atoms with E-state index in [4.69, 9.17) is 34.6 Å². The fourth-order valence-corrected chi connectivity index (χ4v) is 8.80. The number of aromatic nitrogens is 3. The Hall–Kier alpha value is -6.35. The number of benzene rings is 7. The molecule has 0 aliphatic heterocycles. The second-order valence-corrected chi connectivity index (χ2v) is 19.0. The molecule has 0 saturated carbocycles. The normalized spacial score (nSPS) is 17.1. The number of aromatic hydroxyl groups is 1. The summed E-state index contributed by atoms with van der Waals surface area (Å²) in [5, 5.41) is 13.1. The first-order chi connectivity index (χ1) is 39.8.